The highest BCUT2D eigenvalue weighted by Crippen LogP contribution is 2.27. The van der Waals surface area contributed by atoms with E-state index in [-0.39, 0.29) is 19.5 Å². The molecule has 1 aromatic carbocycles. The molecular weight excluding hydrogens is 299 g/mol. The van der Waals surface area contributed by atoms with Gasteiger partial charge in [0.15, 0.2) is 23.3 Å². The lowest BCUT2D eigenvalue weighted by atomic mass is 10.0. The van der Waals surface area contributed by atoms with E-state index in [4.69, 9.17) is 10.8 Å². The van der Waals surface area contributed by atoms with Crippen LogP contribution in [0.25, 0.3) is 0 Å². The fourth-order valence-corrected chi connectivity index (χ4v) is 2.24. The zero-order chi connectivity index (χ0) is 15.9. The maximum atomic E-state index is 13.5. The van der Waals surface area contributed by atoms with Gasteiger partial charge in [-0.1, -0.05) is 0 Å². The molecule has 1 fully saturated rings. The monoisotopic (exact) mass is 310 g/mol. The van der Waals surface area contributed by atoms with Crippen LogP contribution in [0.5, 0.6) is 0 Å². The lowest BCUT2D eigenvalue weighted by Gasteiger charge is -2.20. The lowest BCUT2D eigenvalue weighted by Crippen LogP contribution is -2.50. The molecule has 1 aliphatic heterocycles. The van der Waals surface area contributed by atoms with Gasteiger partial charge < -0.3 is 10.8 Å². The molecule has 3 N–H and O–H groups in total. The van der Waals surface area contributed by atoms with Gasteiger partial charge in [0.1, 0.15) is 5.54 Å². The molecule has 0 aromatic heterocycles. The molecule has 4 nitrogen and oxygen atoms in total. The van der Waals surface area contributed by atoms with E-state index in [0.29, 0.717) is 0 Å². The summed E-state index contributed by atoms with van der Waals surface area (Å²) < 4.78 is 66.0. The predicted molar refractivity (Wildman–Crippen MR) is 60.7 cm³/mol. The molecular formula is C12H11F5N2O2. The smallest absolute Gasteiger partial charge is 0.325 e. The van der Waals surface area contributed by atoms with E-state index in [9.17, 15) is 26.7 Å². The number of carboxylic acids is 1. The second kappa shape index (κ2) is 5.23. The van der Waals surface area contributed by atoms with E-state index in [0.717, 1.165) is 0 Å². The molecule has 1 aromatic rings. The molecule has 1 saturated heterocycles. The Morgan fingerprint density at radius 3 is 2.00 bits per heavy atom. The molecule has 21 heavy (non-hydrogen) atoms. The van der Waals surface area contributed by atoms with Crippen LogP contribution in [0.1, 0.15) is 12.0 Å². The van der Waals surface area contributed by atoms with E-state index in [2.05, 4.69) is 0 Å². The minimum absolute atomic E-state index is 0.0116. The number of hydrogen-bond acceptors (Lipinski definition) is 3. The van der Waals surface area contributed by atoms with Crippen LogP contribution in [0.2, 0.25) is 0 Å². The summed E-state index contributed by atoms with van der Waals surface area (Å²) in [6, 6.07) is 0. The molecule has 1 unspecified atom stereocenters. The molecule has 9 heteroatoms. The van der Waals surface area contributed by atoms with Gasteiger partial charge in [0.25, 0.3) is 0 Å². The number of carboxylic acid groups (broad SMARTS) is 1. The van der Waals surface area contributed by atoms with Crippen LogP contribution >= 0.6 is 0 Å². The number of nitrogens with zero attached hydrogens (tertiary/aromatic N) is 1. The number of benzene rings is 1. The van der Waals surface area contributed by atoms with Crippen molar-refractivity contribution in [2.45, 2.75) is 18.5 Å². The van der Waals surface area contributed by atoms with Gasteiger partial charge in [0.05, 0.1) is 0 Å². The molecule has 0 radical (unpaired) electrons. The van der Waals surface area contributed by atoms with Gasteiger partial charge in [0, 0.05) is 25.2 Å². The first kappa shape index (κ1) is 15.6. The SMILES string of the molecule is NC1(C(=O)O)CCN(Cc2c(F)c(F)c(F)c(F)c2F)C1. The third-order valence-corrected chi connectivity index (χ3v) is 3.49. The number of halogens is 5. The van der Waals surface area contributed by atoms with Crippen LogP contribution in [0.3, 0.4) is 0 Å². The summed E-state index contributed by atoms with van der Waals surface area (Å²) in [5.41, 5.74) is 2.98. The summed E-state index contributed by atoms with van der Waals surface area (Å²) >= 11 is 0. The Kier molecular flexibility index (Phi) is 3.89. The fraction of sp³-hybridized carbons (Fsp3) is 0.417. The van der Waals surface area contributed by atoms with Crippen molar-refractivity contribution in [1.29, 1.82) is 0 Å². The van der Waals surface area contributed by atoms with Crippen molar-refractivity contribution in [2.75, 3.05) is 13.1 Å². The largest absolute Gasteiger partial charge is 0.480 e. The lowest BCUT2D eigenvalue weighted by molar-refractivity contribution is -0.142. The molecule has 1 aliphatic rings. The fourth-order valence-electron chi connectivity index (χ4n) is 2.24. The first-order chi connectivity index (χ1) is 9.67. The summed E-state index contributed by atoms with van der Waals surface area (Å²) in [5, 5.41) is 8.92. The van der Waals surface area contributed by atoms with Gasteiger partial charge in [-0.3, -0.25) is 9.69 Å². The van der Waals surface area contributed by atoms with E-state index < -0.39 is 52.7 Å². The van der Waals surface area contributed by atoms with Gasteiger partial charge in [-0.15, -0.1) is 0 Å². The Bertz CT molecular complexity index is 581. The minimum Gasteiger partial charge on any atom is -0.480 e. The predicted octanol–water partition coefficient (Wildman–Crippen LogP) is 1.37. The molecule has 0 amide bonds. The van der Waals surface area contributed by atoms with Crippen LogP contribution in [0.4, 0.5) is 22.0 Å². The second-order valence-corrected chi connectivity index (χ2v) is 4.97. The number of aliphatic carboxylic acids is 1. The molecule has 2 rings (SSSR count). The van der Waals surface area contributed by atoms with Crippen molar-refractivity contribution in [3.8, 4) is 0 Å². The zero-order valence-corrected chi connectivity index (χ0v) is 10.6. The highest BCUT2D eigenvalue weighted by molar-refractivity contribution is 5.79. The number of rotatable bonds is 3. The Labute approximate surface area is 115 Å². The van der Waals surface area contributed by atoms with E-state index in [1.807, 2.05) is 0 Å². The van der Waals surface area contributed by atoms with E-state index in [1.165, 1.54) is 4.90 Å². The molecule has 0 spiro atoms. The third-order valence-electron chi connectivity index (χ3n) is 3.49. The average Bonchev–Trinajstić information content (AvgIpc) is 2.82. The third kappa shape index (κ3) is 2.58. The normalized spacial score (nSPS) is 22.8. The van der Waals surface area contributed by atoms with Gasteiger partial charge in [-0.25, -0.2) is 22.0 Å². The topological polar surface area (TPSA) is 66.6 Å². The maximum absolute atomic E-state index is 13.5. The van der Waals surface area contributed by atoms with Gasteiger partial charge in [-0.2, -0.15) is 0 Å². The van der Waals surface area contributed by atoms with Crippen molar-refractivity contribution in [3.05, 3.63) is 34.6 Å². The summed E-state index contributed by atoms with van der Waals surface area (Å²) in [7, 11) is 0. The van der Waals surface area contributed by atoms with E-state index >= 15 is 0 Å². The zero-order valence-electron chi connectivity index (χ0n) is 10.6. The van der Waals surface area contributed by atoms with Gasteiger partial charge >= 0.3 is 5.97 Å². The van der Waals surface area contributed by atoms with Crippen molar-refractivity contribution in [3.63, 3.8) is 0 Å². The van der Waals surface area contributed by atoms with Crippen LogP contribution in [0, 0.1) is 29.1 Å². The maximum Gasteiger partial charge on any atom is 0.325 e. The minimum atomic E-state index is -2.23. The Morgan fingerprint density at radius 1 is 1.10 bits per heavy atom. The van der Waals surface area contributed by atoms with Crippen LogP contribution in [-0.2, 0) is 11.3 Å². The number of likely N-dealkylation sites (tertiary alicyclic amines) is 1. The molecule has 1 atom stereocenters. The van der Waals surface area contributed by atoms with E-state index in [1.54, 1.807) is 0 Å². The molecule has 0 aliphatic carbocycles. The van der Waals surface area contributed by atoms with Crippen molar-refractivity contribution < 1.29 is 31.9 Å². The summed E-state index contributed by atoms with van der Waals surface area (Å²) in [6.07, 6.45) is 0.0116. The van der Waals surface area contributed by atoms with Crippen LogP contribution in [-0.4, -0.2) is 34.6 Å². The Balaban J connectivity index is 2.28. The number of hydrogen-bond donors (Lipinski definition) is 2. The first-order valence-electron chi connectivity index (χ1n) is 5.92. The van der Waals surface area contributed by atoms with Crippen molar-refractivity contribution in [1.82, 2.24) is 4.90 Å². The van der Waals surface area contributed by atoms with Crippen molar-refractivity contribution in [2.24, 2.45) is 5.73 Å². The summed E-state index contributed by atoms with van der Waals surface area (Å²) in [4.78, 5) is 12.2. The Hall–Kier alpha value is -1.74. The quantitative estimate of drug-likeness (QED) is 0.503. The number of carbonyl (C=O) groups is 1. The van der Waals surface area contributed by atoms with Crippen molar-refractivity contribution >= 4 is 5.97 Å². The average molecular weight is 310 g/mol. The summed E-state index contributed by atoms with van der Waals surface area (Å²) in [5.74, 6) is -11.4. The molecule has 116 valence electrons. The number of nitrogens with two attached hydrogens (primary N) is 1. The molecule has 0 saturated carbocycles. The van der Waals surface area contributed by atoms with Gasteiger partial charge in [-0.05, 0) is 6.42 Å². The highest BCUT2D eigenvalue weighted by Gasteiger charge is 2.41. The highest BCUT2D eigenvalue weighted by atomic mass is 19.2. The van der Waals surface area contributed by atoms with Crippen LogP contribution < -0.4 is 5.73 Å². The molecule has 0 bridgehead atoms. The van der Waals surface area contributed by atoms with Gasteiger partial charge in [0.2, 0.25) is 5.82 Å². The van der Waals surface area contributed by atoms with Crippen LogP contribution in [0.15, 0.2) is 0 Å². The standard InChI is InChI=1S/C12H11F5N2O2/c13-6-5(7(14)9(16)10(17)8(6)15)3-19-2-1-12(18,4-19)11(20)21/h1-4,18H2,(H,20,21). The Morgan fingerprint density at radius 2 is 1.57 bits per heavy atom. The summed E-state index contributed by atoms with van der Waals surface area (Å²) in [6.45, 7) is -0.790. The first-order valence-corrected chi connectivity index (χ1v) is 5.92. The second-order valence-electron chi connectivity index (χ2n) is 4.97. The molecule has 1 heterocycles.